The molecule has 1 heterocycles. The summed E-state index contributed by atoms with van der Waals surface area (Å²) in [5.41, 5.74) is 0.503. The van der Waals surface area contributed by atoms with Crippen molar-refractivity contribution >= 4 is 5.69 Å². The summed E-state index contributed by atoms with van der Waals surface area (Å²) in [5.74, 6) is 0. The highest BCUT2D eigenvalue weighted by Gasteiger charge is 2.27. The van der Waals surface area contributed by atoms with E-state index in [1.165, 1.54) is 6.07 Å². The Hall–Kier alpha value is -1.97. The average Bonchev–Trinajstić information content (AvgIpc) is 2.69. The molecule has 1 N–H and O–H groups in total. The summed E-state index contributed by atoms with van der Waals surface area (Å²) < 4.78 is 0. The summed E-state index contributed by atoms with van der Waals surface area (Å²) in [6.07, 6.45) is 0.943. The molecule has 0 aliphatic carbocycles. The normalized spacial score (nSPS) is 18.3. The van der Waals surface area contributed by atoms with Gasteiger partial charge in [-0.3, -0.25) is 15.0 Å². The highest BCUT2D eigenvalue weighted by atomic mass is 16.6. The van der Waals surface area contributed by atoms with Gasteiger partial charge in [0.15, 0.2) is 0 Å². The minimum absolute atomic E-state index is 0.0197. The highest BCUT2D eigenvalue weighted by molar-refractivity contribution is 5.44. The van der Waals surface area contributed by atoms with Crippen LogP contribution in [-0.4, -0.2) is 36.0 Å². The summed E-state index contributed by atoms with van der Waals surface area (Å²) in [5, 5.41) is 23.7. The van der Waals surface area contributed by atoms with E-state index in [-0.39, 0.29) is 5.69 Å². The van der Waals surface area contributed by atoms with Crippen molar-refractivity contribution in [2.24, 2.45) is 0 Å². The molecule has 6 heteroatoms. The second-order valence-electron chi connectivity index (χ2n) is 4.49. The van der Waals surface area contributed by atoms with Crippen molar-refractivity contribution in [3.05, 3.63) is 39.9 Å². The second-order valence-corrected chi connectivity index (χ2v) is 4.49. The lowest BCUT2D eigenvalue weighted by atomic mass is 10.0. The van der Waals surface area contributed by atoms with Crippen molar-refractivity contribution in [3.63, 3.8) is 0 Å². The number of nitriles is 1. The summed E-state index contributed by atoms with van der Waals surface area (Å²) >= 11 is 0. The molecule has 6 nitrogen and oxygen atoms in total. The van der Waals surface area contributed by atoms with Gasteiger partial charge in [0.1, 0.15) is 6.04 Å². The Kier molecular flexibility index (Phi) is 4.44. The third-order valence-corrected chi connectivity index (χ3v) is 3.29. The molecule has 1 saturated heterocycles. The van der Waals surface area contributed by atoms with Crippen molar-refractivity contribution in [1.29, 1.82) is 5.26 Å². The van der Waals surface area contributed by atoms with Crippen LogP contribution in [0.5, 0.6) is 0 Å². The molecule has 1 unspecified atom stereocenters. The summed E-state index contributed by atoms with van der Waals surface area (Å²) in [6, 6.07) is 8.14. The number of rotatable bonds is 3. The third kappa shape index (κ3) is 3.08. The van der Waals surface area contributed by atoms with E-state index in [1.54, 1.807) is 18.2 Å². The van der Waals surface area contributed by atoms with Crippen LogP contribution in [0.4, 0.5) is 5.69 Å². The van der Waals surface area contributed by atoms with Gasteiger partial charge in [-0.1, -0.05) is 12.1 Å². The van der Waals surface area contributed by atoms with E-state index in [4.69, 9.17) is 0 Å². The lowest BCUT2D eigenvalue weighted by Gasteiger charge is -2.24. The van der Waals surface area contributed by atoms with Crippen LogP contribution in [0.2, 0.25) is 0 Å². The SMILES string of the molecule is N#CC(c1ccccc1[N+](=O)[O-])N1CCCNCC1. The van der Waals surface area contributed by atoms with Crippen molar-refractivity contribution < 1.29 is 4.92 Å². The van der Waals surface area contributed by atoms with Gasteiger partial charge in [0.25, 0.3) is 5.69 Å². The van der Waals surface area contributed by atoms with Crippen molar-refractivity contribution in [2.45, 2.75) is 12.5 Å². The lowest BCUT2D eigenvalue weighted by Crippen LogP contribution is -2.31. The molecule has 0 saturated carbocycles. The van der Waals surface area contributed by atoms with Gasteiger partial charge in [-0.25, -0.2) is 0 Å². The molecule has 1 fully saturated rings. The van der Waals surface area contributed by atoms with Gasteiger partial charge in [-0.15, -0.1) is 0 Å². The number of nitrogens with zero attached hydrogens (tertiary/aromatic N) is 3. The molecule has 0 aromatic heterocycles. The highest BCUT2D eigenvalue weighted by Crippen LogP contribution is 2.28. The molecule has 0 amide bonds. The maximum Gasteiger partial charge on any atom is 0.275 e. The number of nitrogens with one attached hydrogen (secondary N) is 1. The van der Waals surface area contributed by atoms with Crippen LogP contribution in [0.25, 0.3) is 0 Å². The van der Waals surface area contributed by atoms with E-state index in [0.29, 0.717) is 5.56 Å². The first kappa shape index (κ1) is 13.5. The Labute approximate surface area is 111 Å². The van der Waals surface area contributed by atoms with E-state index in [0.717, 1.165) is 32.6 Å². The van der Waals surface area contributed by atoms with Crippen molar-refractivity contribution in [2.75, 3.05) is 26.2 Å². The topological polar surface area (TPSA) is 82.2 Å². The Morgan fingerprint density at radius 3 is 2.89 bits per heavy atom. The molecule has 100 valence electrons. The molecule has 2 rings (SSSR count). The Morgan fingerprint density at radius 2 is 2.16 bits per heavy atom. The predicted octanol–water partition coefficient (Wildman–Crippen LogP) is 1.45. The molecule has 1 aromatic carbocycles. The largest absolute Gasteiger partial charge is 0.315 e. The first-order chi connectivity index (χ1) is 9.24. The Balaban J connectivity index is 2.31. The first-order valence-electron chi connectivity index (χ1n) is 6.31. The van der Waals surface area contributed by atoms with Crippen molar-refractivity contribution in [1.82, 2.24) is 10.2 Å². The zero-order chi connectivity index (χ0) is 13.7. The smallest absolute Gasteiger partial charge is 0.275 e. The van der Waals surface area contributed by atoms with Gasteiger partial charge in [0, 0.05) is 25.7 Å². The van der Waals surface area contributed by atoms with E-state index in [2.05, 4.69) is 11.4 Å². The fraction of sp³-hybridized carbons (Fsp3) is 0.462. The molecule has 1 aliphatic heterocycles. The van der Waals surface area contributed by atoms with Crippen LogP contribution in [0.3, 0.4) is 0 Å². The summed E-state index contributed by atoms with van der Waals surface area (Å²) in [6.45, 7) is 3.23. The van der Waals surface area contributed by atoms with Gasteiger partial charge in [0.2, 0.25) is 0 Å². The maximum absolute atomic E-state index is 11.1. The Morgan fingerprint density at radius 1 is 1.37 bits per heavy atom. The molecular weight excluding hydrogens is 244 g/mol. The van der Waals surface area contributed by atoms with E-state index >= 15 is 0 Å². The molecule has 1 aromatic rings. The number of nitro groups is 1. The van der Waals surface area contributed by atoms with Gasteiger partial charge in [-0.05, 0) is 19.0 Å². The zero-order valence-electron chi connectivity index (χ0n) is 10.6. The van der Waals surface area contributed by atoms with Crippen LogP contribution in [-0.2, 0) is 0 Å². The monoisotopic (exact) mass is 260 g/mol. The fourth-order valence-corrected chi connectivity index (χ4v) is 2.36. The molecule has 19 heavy (non-hydrogen) atoms. The number of hydrogen-bond donors (Lipinski definition) is 1. The second kappa shape index (κ2) is 6.27. The van der Waals surface area contributed by atoms with Gasteiger partial charge in [0.05, 0.1) is 16.6 Å². The molecule has 1 atom stereocenters. The quantitative estimate of drug-likeness (QED) is 0.657. The lowest BCUT2D eigenvalue weighted by molar-refractivity contribution is -0.385. The van der Waals surface area contributed by atoms with Crippen LogP contribution in [0.1, 0.15) is 18.0 Å². The molecule has 0 spiro atoms. The molecule has 1 aliphatic rings. The van der Waals surface area contributed by atoms with Gasteiger partial charge in [-0.2, -0.15) is 5.26 Å². The summed E-state index contributed by atoms with van der Waals surface area (Å²) in [7, 11) is 0. The van der Waals surface area contributed by atoms with Crippen LogP contribution in [0.15, 0.2) is 24.3 Å². The number of para-hydroxylation sites is 1. The number of hydrogen-bond acceptors (Lipinski definition) is 5. The van der Waals surface area contributed by atoms with E-state index in [9.17, 15) is 15.4 Å². The van der Waals surface area contributed by atoms with Gasteiger partial charge >= 0.3 is 0 Å². The third-order valence-electron chi connectivity index (χ3n) is 3.29. The first-order valence-corrected chi connectivity index (χ1v) is 6.31. The van der Waals surface area contributed by atoms with Gasteiger partial charge < -0.3 is 5.32 Å². The summed E-state index contributed by atoms with van der Waals surface area (Å²) in [4.78, 5) is 12.6. The van der Waals surface area contributed by atoms with Crippen LogP contribution < -0.4 is 5.32 Å². The minimum atomic E-state index is -0.554. The Bertz CT molecular complexity index is 490. The van der Waals surface area contributed by atoms with Crippen LogP contribution in [0, 0.1) is 21.4 Å². The average molecular weight is 260 g/mol. The van der Waals surface area contributed by atoms with Crippen LogP contribution >= 0.6 is 0 Å². The predicted molar refractivity (Wildman–Crippen MR) is 70.5 cm³/mol. The zero-order valence-corrected chi connectivity index (χ0v) is 10.6. The van der Waals surface area contributed by atoms with E-state index in [1.807, 2.05) is 4.90 Å². The maximum atomic E-state index is 11.1. The van der Waals surface area contributed by atoms with E-state index < -0.39 is 11.0 Å². The molecule has 0 bridgehead atoms. The fourth-order valence-electron chi connectivity index (χ4n) is 2.36. The van der Waals surface area contributed by atoms with Crippen molar-refractivity contribution in [3.8, 4) is 6.07 Å². The molecular formula is C13H16N4O2. The number of benzene rings is 1. The number of nitro benzene ring substituents is 1. The minimum Gasteiger partial charge on any atom is -0.315 e. The standard InChI is InChI=1S/C13H16N4O2/c14-10-13(16-8-3-6-15-7-9-16)11-4-1-2-5-12(11)17(18)19/h1-2,4-5,13,15H,3,6-9H2. The molecule has 0 radical (unpaired) electrons.